The molecular weight excluding hydrogens is 330 g/mol. The van der Waals surface area contributed by atoms with Gasteiger partial charge in [0.15, 0.2) is 0 Å². The van der Waals surface area contributed by atoms with Crippen LogP contribution >= 0.6 is 0 Å². The maximum absolute atomic E-state index is 11.7. The van der Waals surface area contributed by atoms with Gasteiger partial charge in [-0.05, 0) is 34.6 Å². The summed E-state index contributed by atoms with van der Waals surface area (Å²) in [6, 6.07) is -0.343. The fourth-order valence-electron chi connectivity index (χ4n) is 2.45. The maximum Gasteiger partial charge on any atom is 0.336 e. The highest BCUT2D eigenvalue weighted by molar-refractivity contribution is 6.11. The summed E-state index contributed by atoms with van der Waals surface area (Å²) in [5, 5.41) is 0. The van der Waals surface area contributed by atoms with Crippen molar-refractivity contribution in [3.8, 4) is 0 Å². The highest BCUT2D eigenvalue weighted by Gasteiger charge is 2.40. The second-order valence-electron chi connectivity index (χ2n) is 5.13. The van der Waals surface area contributed by atoms with E-state index in [2.05, 4.69) is 0 Å². The summed E-state index contributed by atoms with van der Waals surface area (Å²) in [7, 11) is 0. The predicted octanol–water partition coefficient (Wildman–Crippen LogP) is 0.115. The van der Waals surface area contributed by atoms with Crippen LogP contribution in [0.3, 0.4) is 0 Å². The topological polar surface area (TPSA) is 107 Å². The second-order valence-corrected chi connectivity index (χ2v) is 5.13. The number of nitrogens with zero attached hydrogens (tertiary/aromatic N) is 5. The van der Waals surface area contributed by atoms with Gasteiger partial charge < -0.3 is 0 Å². The predicted molar refractivity (Wildman–Crippen MR) is 91.8 cm³/mol. The minimum atomic E-state index is -0.528. The van der Waals surface area contributed by atoms with Crippen LogP contribution in [0.5, 0.6) is 0 Å². The van der Waals surface area contributed by atoms with Crippen molar-refractivity contribution in [1.29, 1.82) is 0 Å². The van der Waals surface area contributed by atoms with Crippen molar-refractivity contribution in [3.63, 3.8) is 0 Å². The molecule has 1 aliphatic heterocycles. The number of aromatic nitrogens is 3. The molecule has 140 valence electrons. The number of hydrogen-bond acceptors (Lipinski definition) is 5. The van der Waals surface area contributed by atoms with E-state index < -0.39 is 17.1 Å². The monoisotopic (exact) mass is 355 g/mol. The maximum atomic E-state index is 11.7. The standard InChI is InChI=1S/C9H15N3O3.C6H10N2O2/c1-4-10-7(13)11(5-2)9(15)12(6-3)8(10)14;1-3-7-5(9)8(4-2)6(7)10/h4-6H2,1-3H3;3-4H2,1-2H3. The molecular formula is C15H25N5O5. The zero-order chi connectivity index (χ0) is 19.3. The fraction of sp³-hybridized carbons (Fsp3) is 0.667. The van der Waals surface area contributed by atoms with E-state index >= 15 is 0 Å². The Bertz CT molecular complexity index is 681. The highest BCUT2D eigenvalue weighted by atomic mass is 16.2. The largest absolute Gasteiger partial charge is 0.336 e. The van der Waals surface area contributed by atoms with Gasteiger partial charge in [0.05, 0.1) is 0 Å². The van der Waals surface area contributed by atoms with Crippen molar-refractivity contribution in [1.82, 2.24) is 23.5 Å². The molecule has 10 nitrogen and oxygen atoms in total. The average molecular weight is 355 g/mol. The van der Waals surface area contributed by atoms with Crippen LogP contribution in [-0.4, -0.2) is 48.7 Å². The SMILES string of the molecule is CCN1C(=O)N(CC)C1=O.CCn1c(=O)n(CC)c(=O)n(CC)c1=O. The molecule has 1 fully saturated rings. The van der Waals surface area contributed by atoms with Crippen LogP contribution in [0.15, 0.2) is 14.4 Å². The van der Waals surface area contributed by atoms with Crippen LogP contribution in [0, 0.1) is 0 Å². The minimum Gasteiger partial charge on any atom is -0.247 e. The number of urea groups is 2. The van der Waals surface area contributed by atoms with Crippen molar-refractivity contribution >= 4 is 12.1 Å². The van der Waals surface area contributed by atoms with E-state index in [-0.39, 0.29) is 31.7 Å². The third-order valence-electron chi connectivity index (χ3n) is 3.89. The van der Waals surface area contributed by atoms with Gasteiger partial charge in [-0.15, -0.1) is 0 Å². The third kappa shape index (κ3) is 3.57. The molecule has 0 atom stereocenters. The lowest BCUT2D eigenvalue weighted by Gasteiger charge is -2.37. The Balaban J connectivity index is 0.000000271. The molecule has 2 rings (SSSR count). The summed E-state index contributed by atoms with van der Waals surface area (Å²) in [6.45, 7) is 10.5. The van der Waals surface area contributed by atoms with E-state index in [1.807, 2.05) is 0 Å². The molecule has 25 heavy (non-hydrogen) atoms. The summed E-state index contributed by atoms with van der Waals surface area (Å²) in [6.07, 6.45) is 0. The van der Waals surface area contributed by atoms with Gasteiger partial charge in [-0.3, -0.25) is 0 Å². The van der Waals surface area contributed by atoms with Crippen molar-refractivity contribution in [3.05, 3.63) is 31.5 Å². The molecule has 0 bridgehead atoms. The summed E-state index contributed by atoms with van der Waals surface area (Å²) < 4.78 is 3.19. The lowest BCUT2D eigenvalue weighted by molar-refractivity contribution is 0.110. The molecule has 0 unspecified atom stereocenters. The Morgan fingerprint density at radius 2 is 0.720 bits per heavy atom. The van der Waals surface area contributed by atoms with Crippen molar-refractivity contribution in [2.24, 2.45) is 0 Å². The molecule has 4 amide bonds. The minimum absolute atomic E-state index is 0.171. The first kappa shape index (κ1) is 20.4. The summed E-state index contributed by atoms with van der Waals surface area (Å²) in [5.41, 5.74) is -1.58. The lowest BCUT2D eigenvalue weighted by atomic mass is 10.4. The Morgan fingerprint density at radius 1 is 0.480 bits per heavy atom. The number of imide groups is 2. The molecule has 0 saturated carbocycles. The van der Waals surface area contributed by atoms with Gasteiger partial charge in [-0.2, -0.15) is 0 Å². The molecule has 0 spiro atoms. The average Bonchev–Trinajstić information content (AvgIpc) is 2.57. The van der Waals surface area contributed by atoms with Gasteiger partial charge in [0.2, 0.25) is 0 Å². The van der Waals surface area contributed by atoms with Crippen LogP contribution in [0.25, 0.3) is 0 Å². The molecule has 2 heterocycles. The van der Waals surface area contributed by atoms with E-state index in [0.717, 1.165) is 13.7 Å². The zero-order valence-corrected chi connectivity index (χ0v) is 15.3. The lowest BCUT2D eigenvalue weighted by Crippen LogP contribution is -2.63. The third-order valence-corrected chi connectivity index (χ3v) is 3.89. The Labute approximate surface area is 144 Å². The van der Waals surface area contributed by atoms with Gasteiger partial charge >= 0.3 is 29.1 Å². The molecule has 1 aromatic heterocycles. The molecule has 10 heteroatoms. The van der Waals surface area contributed by atoms with Gasteiger partial charge in [0.1, 0.15) is 0 Å². The smallest absolute Gasteiger partial charge is 0.247 e. The molecule has 0 aromatic carbocycles. The van der Waals surface area contributed by atoms with Crippen LogP contribution in [0.1, 0.15) is 34.6 Å². The van der Waals surface area contributed by atoms with E-state index in [9.17, 15) is 24.0 Å². The first-order valence-corrected chi connectivity index (χ1v) is 8.37. The normalized spacial score (nSPS) is 13.5. The fourth-order valence-corrected chi connectivity index (χ4v) is 2.45. The molecule has 1 aliphatic rings. The van der Waals surface area contributed by atoms with E-state index in [1.54, 1.807) is 34.6 Å². The zero-order valence-electron chi connectivity index (χ0n) is 15.3. The number of carbonyl (C=O) groups excluding carboxylic acids is 2. The van der Waals surface area contributed by atoms with E-state index in [1.165, 1.54) is 9.80 Å². The van der Waals surface area contributed by atoms with Crippen LogP contribution in [0.4, 0.5) is 9.59 Å². The van der Waals surface area contributed by atoms with Crippen LogP contribution in [-0.2, 0) is 19.6 Å². The van der Waals surface area contributed by atoms with E-state index in [4.69, 9.17) is 0 Å². The second kappa shape index (κ2) is 8.45. The van der Waals surface area contributed by atoms with Gasteiger partial charge in [0, 0.05) is 32.7 Å². The number of hydrogen-bond donors (Lipinski definition) is 0. The van der Waals surface area contributed by atoms with Crippen LogP contribution in [0.2, 0.25) is 0 Å². The summed E-state index contributed by atoms with van der Waals surface area (Å²) in [5.74, 6) is 0. The van der Waals surface area contributed by atoms with Gasteiger partial charge in [-0.1, -0.05) is 0 Å². The number of rotatable bonds is 5. The molecule has 1 saturated heterocycles. The van der Waals surface area contributed by atoms with Crippen molar-refractivity contribution in [2.75, 3.05) is 13.1 Å². The van der Waals surface area contributed by atoms with Crippen LogP contribution < -0.4 is 17.1 Å². The molecule has 0 N–H and O–H groups in total. The van der Waals surface area contributed by atoms with E-state index in [0.29, 0.717) is 13.1 Å². The summed E-state index contributed by atoms with van der Waals surface area (Å²) in [4.78, 5) is 59.1. The Morgan fingerprint density at radius 3 is 0.880 bits per heavy atom. The first-order chi connectivity index (χ1) is 11.8. The van der Waals surface area contributed by atoms with Crippen molar-refractivity contribution < 1.29 is 9.59 Å². The Hall–Kier alpha value is -2.65. The number of amides is 4. The highest BCUT2D eigenvalue weighted by Crippen LogP contribution is 2.13. The summed E-state index contributed by atoms with van der Waals surface area (Å²) >= 11 is 0. The van der Waals surface area contributed by atoms with Crippen molar-refractivity contribution in [2.45, 2.75) is 54.3 Å². The molecule has 1 aromatic rings. The van der Waals surface area contributed by atoms with Gasteiger partial charge in [0.25, 0.3) is 0 Å². The molecule has 0 radical (unpaired) electrons. The van der Waals surface area contributed by atoms with Gasteiger partial charge in [-0.25, -0.2) is 47.5 Å². The number of carbonyl (C=O) groups is 2. The quantitative estimate of drug-likeness (QED) is 0.745. The molecule has 0 aliphatic carbocycles. The first-order valence-electron chi connectivity index (χ1n) is 8.37. The Kier molecular flexibility index (Phi) is 6.89.